The van der Waals surface area contributed by atoms with Crippen LogP contribution in [0.2, 0.25) is 0 Å². The van der Waals surface area contributed by atoms with E-state index in [9.17, 15) is 4.79 Å². The summed E-state index contributed by atoms with van der Waals surface area (Å²) < 4.78 is 7.46. The first kappa shape index (κ1) is 15.5. The molecule has 1 atom stereocenters. The van der Waals surface area contributed by atoms with Crippen LogP contribution < -0.4 is 10.1 Å². The molecule has 0 saturated carbocycles. The minimum absolute atomic E-state index is 0.105. The van der Waals surface area contributed by atoms with Crippen LogP contribution in [0.5, 0.6) is 5.75 Å². The molecule has 1 unspecified atom stereocenters. The lowest BCUT2D eigenvalue weighted by atomic mass is 10.0. The number of aromatic nitrogens is 3. The van der Waals surface area contributed by atoms with Crippen molar-refractivity contribution in [3.63, 3.8) is 0 Å². The smallest absolute Gasteiger partial charge is 0.223 e. The fourth-order valence-corrected chi connectivity index (χ4v) is 2.71. The quantitative estimate of drug-likeness (QED) is 0.851. The number of nitrogens with one attached hydrogen (secondary N) is 1. The predicted octanol–water partition coefficient (Wildman–Crippen LogP) is 2.26. The van der Waals surface area contributed by atoms with Crippen molar-refractivity contribution in [1.29, 1.82) is 0 Å². The van der Waals surface area contributed by atoms with Gasteiger partial charge in [-0.05, 0) is 31.4 Å². The summed E-state index contributed by atoms with van der Waals surface area (Å²) in [7, 11) is 0. The number of carbonyl (C=O) groups excluding carboxylic acids is 1. The first-order valence-corrected chi connectivity index (χ1v) is 8.17. The Hall–Kier alpha value is -2.37. The number of nitrogens with zero attached hydrogens (tertiary/aromatic N) is 3. The zero-order chi connectivity index (χ0) is 16.1. The SMILES string of the molecule is CCCOc1cccc(-c2cn(CCC3CCNC3=O)nn2)c1. The van der Waals surface area contributed by atoms with E-state index in [1.54, 1.807) is 4.68 Å². The van der Waals surface area contributed by atoms with Gasteiger partial charge in [0.05, 0.1) is 12.8 Å². The molecule has 1 aromatic carbocycles. The summed E-state index contributed by atoms with van der Waals surface area (Å²) in [6.07, 6.45) is 4.62. The van der Waals surface area contributed by atoms with E-state index in [0.717, 1.165) is 42.8 Å². The van der Waals surface area contributed by atoms with Crippen molar-refractivity contribution in [1.82, 2.24) is 20.3 Å². The van der Waals surface area contributed by atoms with Crippen LogP contribution in [0, 0.1) is 5.92 Å². The molecular weight excluding hydrogens is 292 g/mol. The average molecular weight is 314 g/mol. The predicted molar refractivity (Wildman–Crippen MR) is 87.0 cm³/mol. The van der Waals surface area contributed by atoms with Crippen molar-refractivity contribution in [3.05, 3.63) is 30.5 Å². The van der Waals surface area contributed by atoms with Crippen LogP contribution in [0.15, 0.2) is 30.5 Å². The van der Waals surface area contributed by atoms with Crippen molar-refractivity contribution < 1.29 is 9.53 Å². The number of hydrogen-bond acceptors (Lipinski definition) is 4. The van der Waals surface area contributed by atoms with E-state index in [1.165, 1.54) is 0 Å². The molecule has 23 heavy (non-hydrogen) atoms. The Balaban J connectivity index is 1.63. The van der Waals surface area contributed by atoms with Crippen LogP contribution in [0.25, 0.3) is 11.3 Å². The molecule has 0 spiro atoms. The number of aryl methyl sites for hydroxylation is 1. The summed E-state index contributed by atoms with van der Waals surface area (Å²) in [6, 6.07) is 7.89. The van der Waals surface area contributed by atoms with Crippen molar-refractivity contribution in [2.75, 3.05) is 13.2 Å². The van der Waals surface area contributed by atoms with E-state index in [-0.39, 0.29) is 11.8 Å². The third kappa shape index (κ3) is 3.88. The van der Waals surface area contributed by atoms with E-state index < -0.39 is 0 Å². The molecule has 122 valence electrons. The molecular formula is C17H22N4O2. The van der Waals surface area contributed by atoms with Gasteiger partial charge in [0.15, 0.2) is 0 Å². The van der Waals surface area contributed by atoms with E-state index in [4.69, 9.17) is 4.74 Å². The molecule has 6 heteroatoms. The summed E-state index contributed by atoms with van der Waals surface area (Å²) in [5.41, 5.74) is 1.81. The number of carbonyl (C=O) groups is 1. The minimum atomic E-state index is 0.105. The number of hydrogen-bond donors (Lipinski definition) is 1. The molecule has 1 aliphatic heterocycles. The van der Waals surface area contributed by atoms with Crippen LogP contribution in [0.3, 0.4) is 0 Å². The summed E-state index contributed by atoms with van der Waals surface area (Å²) in [5, 5.41) is 11.3. The van der Waals surface area contributed by atoms with Crippen molar-refractivity contribution in [2.24, 2.45) is 5.92 Å². The average Bonchev–Trinajstić information content (AvgIpc) is 3.20. The van der Waals surface area contributed by atoms with Crippen molar-refractivity contribution in [2.45, 2.75) is 32.7 Å². The number of benzene rings is 1. The summed E-state index contributed by atoms with van der Waals surface area (Å²) in [6.45, 7) is 4.29. The lowest BCUT2D eigenvalue weighted by Crippen LogP contribution is -2.20. The van der Waals surface area contributed by atoms with Crippen LogP contribution in [-0.2, 0) is 11.3 Å². The summed E-state index contributed by atoms with van der Waals surface area (Å²) in [5.74, 6) is 1.11. The second kappa shape index (κ2) is 7.26. The molecule has 0 bridgehead atoms. The number of rotatable bonds is 7. The molecule has 1 aliphatic rings. The van der Waals surface area contributed by atoms with Gasteiger partial charge in [0.2, 0.25) is 5.91 Å². The van der Waals surface area contributed by atoms with E-state index in [0.29, 0.717) is 13.2 Å². The summed E-state index contributed by atoms with van der Waals surface area (Å²) in [4.78, 5) is 11.6. The zero-order valence-corrected chi connectivity index (χ0v) is 13.4. The fraction of sp³-hybridized carbons (Fsp3) is 0.471. The van der Waals surface area contributed by atoms with Crippen LogP contribution in [-0.4, -0.2) is 34.1 Å². The van der Waals surface area contributed by atoms with Crippen LogP contribution in [0.1, 0.15) is 26.2 Å². The second-order valence-corrected chi connectivity index (χ2v) is 5.81. The van der Waals surface area contributed by atoms with Gasteiger partial charge in [0, 0.05) is 24.6 Å². The van der Waals surface area contributed by atoms with Gasteiger partial charge in [-0.1, -0.05) is 24.3 Å². The topological polar surface area (TPSA) is 69.0 Å². The van der Waals surface area contributed by atoms with E-state index >= 15 is 0 Å². The fourth-order valence-electron chi connectivity index (χ4n) is 2.71. The molecule has 1 fully saturated rings. The molecule has 1 N–H and O–H groups in total. The summed E-state index contributed by atoms with van der Waals surface area (Å²) >= 11 is 0. The maximum atomic E-state index is 11.6. The molecule has 0 aliphatic carbocycles. The first-order valence-electron chi connectivity index (χ1n) is 8.17. The van der Waals surface area contributed by atoms with Gasteiger partial charge in [0.25, 0.3) is 0 Å². The van der Waals surface area contributed by atoms with Gasteiger partial charge in [-0.25, -0.2) is 0 Å². The monoisotopic (exact) mass is 314 g/mol. The molecule has 2 heterocycles. The molecule has 1 saturated heterocycles. The van der Waals surface area contributed by atoms with Gasteiger partial charge < -0.3 is 10.1 Å². The molecule has 6 nitrogen and oxygen atoms in total. The Labute approximate surface area is 135 Å². The Morgan fingerprint density at radius 2 is 2.35 bits per heavy atom. The van der Waals surface area contributed by atoms with Crippen molar-refractivity contribution in [3.8, 4) is 17.0 Å². The highest BCUT2D eigenvalue weighted by atomic mass is 16.5. The highest BCUT2D eigenvalue weighted by molar-refractivity contribution is 5.80. The third-order valence-corrected chi connectivity index (χ3v) is 4.01. The largest absolute Gasteiger partial charge is 0.494 e. The minimum Gasteiger partial charge on any atom is -0.494 e. The van der Waals surface area contributed by atoms with E-state index in [2.05, 4.69) is 22.6 Å². The molecule has 0 radical (unpaired) electrons. The van der Waals surface area contributed by atoms with Gasteiger partial charge in [0.1, 0.15) is 11.4 Å². The maximum Gasteiger partial charge on any atom is 0.223 e. The van der Waals surface area contributed by atoms with E-state index in [1.807, 2.05) is 30.5 Å². The third-order valence-electron chi connectivity index (χ3n) is 4.01. The Kier molecular flexibility index (Phi) is 4.90. The molecule has 2 aromatic rings. The molecule has 1 aromatic heterocycles. The number of ether oxygens (including phenoxy) is 1. The Morgan fingerprint density at radius 1 is 1.43 bits per heavy atom. The van der Waals surface area contributed by atoms with Crippen LogP contribution >= 0.6 is 0 Å². The highest BCUT2D eigenvalue weighted by Gasteiger charge is 2.23. The normalized spacial score (nSPS) is 17.3. The molecule has 1 amide bonds. The van der Waals surface area contributed by atoms with Gasteiger partial charge >= 0.3 is 0 Å². The lowest BCUT2D eigenvalue weighted by molar-refractivity contribution is -0.122. The first-order chi connectivity index (χ1) is 11.3. The standard InChI is InChI=1S/C17H22N4O2/c1-2-10-23-15-5-3-4-14(11-15)16-12-21(20-19-16)9-7-13-6-8-18-17(13)22/h3-5,11-13H,2,6-10H2,1H3,(H,18,22). The van der Waals surface area contributed by atoms with Gasteiger partial charge in [-0.3, -0.25) is 9.48 Å². The van der Waals surface area contributed by atoms with Gasteiger partial charge in [-0.15, -0.1) is 5.10 Å². The molecule has 3 rings (SSSR count). The second-order valence-electron chi connectivity index (χ2n) is 5.81. The Bertz CT molecular complexity index is 668. The van der Waals surface area contributed by atoms with Crippen LogP contribution in [0.4, 0.5) is 0 Å². The van der Waals surface area contributed by atoms with Crippen molar-refractivity contribution >= 4 is 5.91 Å². The Morgan fingerprint density at radius 3 is 3.13 bits per heavy atom. The number of amides is 1. The van der Waals surface area contributed by atoms with Gasteiger partial charge in [-0.2, -0.15) is 0 Å². The highest BCUT2D eigenvalue weighted by Crippen LogP contribution is 2.22. The lowest BCUT2D eigenvalue weighted by Gasteiger charge is -2.06. The zero-order valence-electron chi connectivity index (χ0n) is 13.4. The maximum absolute atomic E-state index is 11.6.